The number of thioether (sulfide) groups is 1. The van der Waals surface area contributed by atoms with Crippen LogP contribution in [-0.2, 0) is 0 Å². The highest BCUT2D eigenvalue weighted by Gasteiger charge is 2.24. The lowest BCUT2D eigenvalue weighted by Crippen LogP contribution is -2.30. The largest absolute Gasteiger partial charge is 0.389 e. The first-order valence-corrected chi connectivity index (χ1v) is 5.96. The molecule has 1 rings (SSSR count). The van der Waals surface area contributed by atoms with Gasteiger partial charge in [0.2, 0.25) is 0 Å². The van der Waals surface area contributed by atoms with Gasteiger partial charge in [0, 0.05) is 16.3 Å². The lowest BCUT2D eigenvalue weighted by atomic mass is 10.1. The van der Waals surface area contributed by atoms with Gasteiger partial charge in [-0.05, 0) is 20.8 Å². The third kappa shape index (κ3) is 3.29. The molecule has 0 aliphatic carbocycles. The van der Waals surface area contributed by atoms with Crippen LogP contribution in [0.4, 0.5) is 0 Å². The Morgan fingerprint density at radius 1 is 1.62 bits per heavy atom. The molecule has 1 heterocycles. The molecule has 0 bridgehead atoms. The van der Waals surface area contributed by atoms with Gasteiger partial charge in [-0.15, -0.1) is 11.3 Å². The van der Waals surface area contributed by atoms with Crippen molar-refractivity contribution < 1.29 is 5.11 Å². The molecule has 0 aromatic carbocycles. The van der Waals surface area contributed by atoms with Crippen molar-refractivity contribution in [1.82, 2.24) is 4.98 Å². The fraction of sp³-hybridized carbons (Fsp3) is 0.667. The highest BCUT2D eigenvalue weighted by molar-refractivity contribution is 8.01. The quantitative estimate of drug-likeness (QED) is 0.790. The molecule has 0 saturated heterocycles. The maximum atomic E-state index is 9.71. The Morgan fingerprint density at radius 3 is 2.62 bits per heavy atom. The zero-order chi connectivity index (χ0) is 10.1. The summed E-state index contributed by atoms with van der Waals surface area (Å²) in [5, 5.41) is 11.9. The fourth-order valence-electron chi connectivity index (χ4n) is 0.682. The van der Waals surface area contributed by atoms with E-state index in [2.05, 4.69) is 4.98 Å². The average molecular weight is 217 g/mol. The first kappa shape index (κ1) is 11.0. The van der Waals surface area contributed by atoms with Crippen LogP contribution in [0.2, 0.25) is 0 Å². The molecule has 0 aliphatic heterocycles. The van der Waals surface area contributed by atoms with Crippen LogP contribution >= 0.6 is 23.1 Å². The van der Waals surface area contributed by atoms with Gasteiger partial charge < -0.3 is 5.11 Å². The predicted octanol–water partition coefficient (Wildman–Crippen LogP) is 2.70. The van der Waals surface area contributed by atoms with Crippen LogP contribution in [0, 0.1) is 6.92 Å². The van der Waals surface area contributed by atoms with Crippen molar-refractivity contribution in [2.45, 2.75) is 42.9 Å². The summed E-state index contributed by atoms with van der Waals surface area (Å²) >= 11 is 3.26. The van der Waals surface area contributed by atoms with Gasteiger partial charge in [0.25, 0.3) is 0 Å². The maximum absolute atomic E-state index is 9.71. The lowest BCUT2D eigenvalue weighted by molar-refractivity contribution is 0.0824. The Hall–Kier alpha value is -0.0600. The van der Waals surface area contributed by atoms with Crippen LogP contribution in [0.1, 0.15) is 26.5 Å². The average Bonchev–Trinajstić information content (AvgIpc) is 2.33. The molecule has 4 heteroatoms. The molecule has 0 radical (unpaired) electrons. The number of hydrogen-bond acceptors (Lipinski definition) is 4. The van der Waals surface area contributed by atoms with E-state index in [0.29, 0.717) is 0 Å². The second-order valence-electron chi connectivity index (χ2n) is 3.67. The van der Waals surface area contributed by atoms with Gasteiger partial charge in [0.1, 0.15) is 4.34 Å². The number of aryl methyl sites for hydroxylation is 1. The summed E-state index contributed by atoms with van der Waals surface area (Å²) in [6, 6.07) is 0. The molecule has 1 aromatic rings. The predicted molar refractivity (Wildman–Crippen MR) is 58.5 cm³/mol. The molecule has 2 nitrogen and oxygen atoms in total. The van der Waals surface area contributed by atoms with Crippen molar-refractivity contribution >= 4 is 23.1 Å². The molecule has 0 saturated carbocycles. The van der Waals surface area contributed by atoms with E-state index >= 15 is 0 Å². The van der Waals surface area contributed by atoms with Crippen LogP contribution in [0.25, 0.3) is 0 Å². The van der Waals surface area contributed by atoms with Gasteiger partial charge in [0.15, 0.2) is 0 Å². The lowest BCUT2D eigenvalue weighted by Gasteiger charge is -2.23. The van der Waals surface area contributed by atoms with E-state index in [0.717, 1.165) is 10.0 Å². The third-order valence-corrected chi connectivity index (χ3v) is 4.42. The van der Waals surface area contributed by atoms with E-state index in [1.807, 2.05) is 33.1 Å². The topological polar surface area (TPSA) is 33.1 Å². The van der Waals surface area contributed by atoms with E-state index < -0.39 is 5.60 Å². The monoisotopic (exact) mass is 217 g/mol. The minimum Gasteiger partial charge on any atom is -0.389 e. The van der Waals surface area contributed by atoms with Gasteiger partial charge >= 0.3 is 0 Å². The number of rotatable bonds is 3. The second-order valence-corrected chi connectivity index (χ2v) is 6.11. The van der Waals surface area contributed by atoms with E-state index in [9.17, 15) is 5.11 Å². The van der Waals surface area contributed by atoms with Crippen LogP contribution in [-0.4, -0.2) is 20.9 Å². The number of aromatic nitrogens is 1. The molecule has 1 unspecified atom stereocenters. The maximum Gasteiger partial charge on any atom is 0.150 e. The minimum atomic E-state index is -0.649. The summed E-state index contributed by atoms with van der Waals surface area (Å²) in [5.74, 6) is 0. The normalized spacial score (nSPS) is 14.5. The van der Waals surface area contributed by atoms with Gasteiger partial charge in [0.05, 0.1) is 5.60 Å². The van der Waals surface area contributed by atoms with Crippen molar-refractivity contribution in [2.75, 3.05) is 0 Å². The number of thiazole rings is 1. The molecule has 1 atom stereocenters. The summed E-state index contributed by atoms with van der Waals surface area (Å²) in [6.07, 6.45) is 0. The molecular weight excluding hydrogens is 202 g/mol. The third-order valence-electron chi connectivity index (χ3n) is 1.87. The first-order valence-electron chi connectivity index (χ1n) is 4.21. The van der Waals surface area contributed by atoms with Gasteiger partial charge in [-0.1, -0.05) is 18.7 Å². The summed E-state index contributed by atoms with van der Waals surface area (Å²) in [6.45, 7) is 7.65. The van der Waals surface area contributed by atoms with E-state index in [1.54, 1.807) is 23.1 Å². The first-order chi connectivity index (χ1) is 5.89. The summed E-state index contributed by atoms with van der Waals surface area (Å²) in [7, 11) is 0. The molecule has 0 amide bonds. The molecule has 74 valence electrons. The van der Waals surface area contributed by atoms with E-state index in [-0.39, 0.29) is 5.25 Å². The van der Waals surface area contributed by atoms with Gasteiger partial charge in [-0.2, -0.15) is 0 Å². The van der Waals surface area contributed by atoms with Crippen molar-refractivity contribution in [2.24, 2.45) is 0 Å². The molecule has 0 fully saturated rings. The molecule has 0 spiro atoms. The Bertz CT molecular complexity index is 277. The molecule has 13 heavy (non-hydrogen) atoms. The SMILES string of the molecule is Cc1csc(SC(C)C(C)(C)O)n1. The number of nitrogens with zero attached hydrogens (tertiary/aromatic N) is 1. The van der Waals surface area contributed by atoms with Crippen molar-refractivity contribution in [3.63, 3.8) is 0 Å². The van der Waals surface area contributed by atoms with Crippen LogP contribution in [0.5, 0.6) is 0 Å². The second kappa shape index (κ2) is 3.98. The van der Waals surface area contributed by atoms with Crippen LogP contribution < -0.4 is 0 Å². The van der Waals surface area contributed by atoms with Crippen molar-refractivity contribution in [3.8, 4) is 0 Å². The van der Waals surface area contributed by atoms with Crippen molar-refractivity contribution in [3.05, 3.63) is 11.1 Å². The summed E-state index contributed by atoms with van der Waals surface area (Å²) in [4.78, 5) is 4.33. The molecule has 1 N–H and O–H groups in total. The van der Waals surface area contributed by atoms with E-state index in [1.165, 1.54) is 0 Å². The zero-order valence-corrected chi connectivity index (χ0v) is 10.00. The molecule has 0 aliphatic rings. The minimum absolute atomic E-state index is 0.165. The highest BCUT2D eigenvalue weighted by atomic mass is 32.2. The zero-order valence-electron chi connectivity index (χ0n) is 8.37. The highest BCUT2D eigenvalue weighted by Crippen LogP contribution is 2.31. The molecule has 1 aromatic heterocycles. The Labute approximate surface area is 87.4 Å². The summed E-state index contributed by atoms with van der Waals surface area (Å²) in [5.41, 5.74) is 0.403. The smallest absolute Gasteiger partial charge is 0.150 e. The van der Waals surface area contributed by atoms with Crippen LogP contribution in [0.3, 0.4) is 0 Å². The summed E-state index contributed by atoms with van der Waals surface area (Å²) < 4.78 is 1.03. The fourth-order valence-corrected chi connectivity index (χ4v) is 2.79. The number of hydrogen-bond donors (Lipinski definition) is 1. The van der Waals surface area contributed by atoms with Gasteiger partial charge in [-0.25, -0.2) is 4.98 Å². The van der Waals surface area contributed by atoms with E-state index in [4.69, 9.17) is 0 Å². The Balaban J connectivity index is 2.60. The standard InChI is InChI=1S/C9H15NOS2/c1-6-5-12-8(10-6)13-7(2)9(3,4)11/h5,7,11H,1-4H3. The number of aliphatic hydroxyl groups is 1. The Morgan fingerprint density at radius 2 is 2.23 bits per heavy atom. The Kier molecular flexibility index (Phi) is 3.38. The van der Waals surface area contributed by atoms with Crippen LogP contribution in [0.15, 0.2) is 9.72 Å². The molecular formula is C9H15NOS2. The van der Waals surface area contributed by atoms with Gasteiger partial charge in [-0.3, -0.25) is 0 Å². The van der Waals surface area contributed by atoms with Crippen molar-refractivity contribution in [1.29, 1.82) is 0 Å².